The predicted molar refractivity (Wildman–Crippen MR) is 79.2 cm³/mol. The van der Waals surface area contributed by atoms with Gasteiger partial charge in [-0.05, 0) is 37.4 Å². The van der Waals surface area contributed by atoms with E-state index < -0.39 is 0 Å². The molecular formula is C16H26N2. The first-order valence-corrected chi connectivity index (χ1v) is 7.37. The Morgan fingerprint density at radius 1 is 1.33 bits per heavy atom. The van der Waals surface area contributed by atoms with Crippen molar-refractivity contribution in [1.29, 1.82) is 0 Å². The Morgan fingerprint density at radius 3 is 2.78 bits per heavy atom. The first kappa shape index (κ1) is 13.4. The number of rotatable bonds is 6. The van der Waals surface area contributed by atoms with E-state index in [4.69, 9.17) is 5.73 Å². The van der Waals surface area contributed by atoms with Crippen molar-refractivity contribution in [3.63, 3.8) is 0 Å². The Labute approximate surface area is 111 Å². The van der Waals surface area contributed by atoms with Crippen molar-refractivity contribution in [3.8, 4) is 0 Å². The molecule has 0 amide bonds. The summed E-state index contributed by atoms with van der Waals surface area (Å²) in [6.45, 7) is 6.54. The quantitative estimate of drug-likeness (QED) is 0.832. The second-order valence-corrected chi connectivity index (χ2v) is 5.34. The third-order valence-corrected chi connectivity index (χ3v) is 4.15. The van der Waals surface area contributed by atoms with Gasteiger partial charge in [-0.25, -0.2) is 0 Å². The van der Waals surface area contributed by atoms with E-state index in [0.29, 0.717) is 12.0 Å². The van der Waals surface area contributed by atoms with Gasteiger partial charge in [0.1, 0.15) is 0 Å². The molecule has 0 spiro atoms. The lowest BCUT2D eigenvalue weighted by Crippen LogP contribution is -2.34. The highest BCUT2D eigenvalue weighted by Gasteiger charge is 2.30. The number of hydrogen-bond donors (Lipinski definition) is 1. The van der Waals surface area contributed by atoms with Crippen molar-refractivity contribution in [3.05, 3.63) is 29.8 Å². The Bertz CT molecular complexity index is 375. The molecule has 0 fully saturated rings. The van der Waals surface area contributed by atoms with Crippen LogP contribution in [0.3, 0.4) is 0 Å². The summed E-state index contributed by atoms with van der Waals surface area (Å²) in [6.07, 6.45) is 4.90. The standard InChI is InChI=1S/C16H26N2/c1-3-7-14(4-2)18-12-13(10-11-17)15-8-5-6-9-16(15)18/h5-6,8-9,13-14H,3-4,7,10-12,17H2,1-2H3. The van der Waals surface area contributed by atoms with E-state index in [9.17, 15) is 0 Å². The second kappa shape index (κ2) is 6.24. The first-order chi connectivity index (χ1) is 8.81. The number of fused-ring (bicyclic) bond motifs is 1. The van der Waals surface area contributed by atoms with Crippen molar-refractivity contribution >= 4 is 5.69 Å². The summed E-state index contributed by atoms with van der Waals surface area (Å²) in [7, 11) is 0. The molecule has 0 aliphatic carbocycles. The molecule has 1 heterocycles. The molecule has 0 bridgehead atoms. The van der Waals surface area contributed by atoms with Gasteiger partial charge < -0.3 is 10.6 Å². The van der Waals surface area contributed by atoms with Crippen LogP contribution in [0.25, 0.3) is 0 Å². The van der Waals surface area contributed by atoms with Crippen LogP contribution in [-0.4, -0.2) is 19.1 Å². The van der Waals surface area contributed by atoms with Gasteiger partial charge in [0.05, 0.1) is 0 Å². The Hall–Kier alpha value is -1.02. The van der Waals surface area contributed by atoms with Gasteiger partial charge in [-0.3, -0.25) is 0 Å². The second-order valence-electron chi connectivity index (χ2n) is 5.34. The summed E-state index contributed by atoms with van der Waals surface area (Å²) in [5.41, 5.74) is 8.73. The molecule has 1 aromatic rings. The fraction of sp³-hybridized carbons (Fsp3) is 0.625. The lowest BCUT2D eigenvalue weighted by Gasteiger charge is -2.30. The van der Waals surface area contributed by atoms with Gasteiger partial charge in [0.25, 0.3) is 0 Å². The maximum atomic E-state index is 5.76. The van der Waals surface area contributed by atoms with Gasteiger partial charge in [-0.15, -0.1) is 0 Å². The molecule has 0 saturated carbocycles. The van der Waals surface area contributed by atoms with E-state index in [0.717, 1.165) is 19.5 Å². The molecule has 0 aromatic heterocycles. The van der Waals surface area contributed by atoms with Gasteiger partial charge >= 0.3 is 0 Å². The molecule has 18 heavy (non-hydrogen) atoms. The van der Waals surface area contributed by atoms with E-state index in [-0.39, 0.29) is 0 Å². The minimum Gasteiger partial charge on any atom is -0.368 e. The van der Waals surface area contributed by atoms with Crippen LogP contribution in [0.4, 0.5) is 5.69 Å². The van der Waals surface area contributed by atoms with Crippen molar-refractivity contribution in [2.75, 3.05) is 18.0 Å². The highest BCUT2D eigenvalue weighted by molar-refractivity contribution is 5.60. The van der Waals surface area contributed by atoms with Crippen LogP contribution in [0.5, 0.6) is 0 Å². The van der Waals surface area contributed by atoms with Gasteiger partial charge in [0.15, 0.2) is 0 Å². The van der Waals surface area contributed by atoms with Crippen molar-refractivity contribution < 1.29 is 0 Å². The van der Waals surface area contributed by atoms with Crippen molar-refractivity contribution in [2.24, 2.45) is 5.73 Å². The molecule has 0 saturated heterocycles. The number of hydrogen-bond acceptors (Lipinski definition) is 2. The fourth-order valence-corrected chi connectivity index (χ4v) is 3.24. The van der Waals surface area contributed by atoms with Crippen LogP contribution < -0.4 is 10.6 Å². The fourth-order valence-electron chi connectivity index (χ4n) is 3.24. The third kappa shape index (κ3) is 2.54. The van der Waals surface area contributed by atoms with Crippen LogP contribution >= 0.6 is 0 Å². The monoisotopic (exact) mass is 246 g/mol. The van der Waals surface area contributed by atoms with Crippen molar-refractivity contribution in [2.45, 2.75) is 51.5 Å². The molecule has 0 radical (unpaired) electrons. The highest BCUT2D eigenvalue weighted by Crippen LogP contribution is 2.39. The molecule has 2 heteroatoms. The number of nitrogens with zero attached hydrogens (tertiary/aromatic N) is 1. The Kier molecular flexibility index (Phi) is 4.65. The number of benzene rings is 1. The summed E-state index contributed by atoms with van der Waals surface area (Å²) < 4.78 is 0. The molecule has 2 atom stereocenters. The van der Waals surface area contributed by atoms with Gasteiger partial charge in [-0.1, -0.05) is 38.5 Å². The molecular weight excluding hydrogens is 220 g/mol. The summed E-state index contributed by atoms with van der Waals surface area (Å²) in [5.74, 6) is 0.636. The highest BCUT2D eigenvalue weighted by atomic mass is 15.2. The van der Waals surface area contributed by atoms with Crippen LogP contribution in [0, 0.1) is 0 Å². The van der Waals surface area contributed by atoms with Crippen LogP contribution in [0.15, 0.2) is 24.3 Å². The molecule has 1 aliphatic heterocycles. The summed E-state index contributed by atoms with van der Waals surface area (Å²) in [6, 6.07) is 9.58. The zero-order chi connectivity index (χ0) is 13.0. The number of nitrogens with two attached hydrogens (primary N) is 1. The van der Waals surface area contributed by atoms with Crippen LogP contribution in [0.1, 0.15) is 51.0 Å². The number of para-hydroxylation sites is 1. The zero-order valence-electron chi connectivity index (χ0n) is 11.7. The average Bonchev–Trinajstić information content (AvgIpc) is 2.76. The summed E-state index contributed by atoms with van der Waals surface area (Å²) in [4.78, 5) is 2.62. The molecule has 2 nitrogen and oxygen atoms in total. The largest absolute Gasteiger partial charge is 0.368 e. The molecule has 1 aromatic carbocycles. The van der Waals surface area contributed by atoms with Gasteiger partial charge in [0, 0.05) is 24.2 Å². The third-order valence-electron chi connectivity index (χ3n) is 4.15. The van der Waals surface area contributed by atoms with E-state index in [2.05, 4.69) is 43.0 Å². The molecule has 2 unspecified atom stereocenters. The molecule has 2 rings (SSSR count). The van der Waals surface area contributed by atoms with E-state index >= 15 is 0 Å². The normalized spacial score (nSPS) is 19.9. The molecule has 2 N–H and O–H groups in total. The lowest BCUT2D eigenvalue weighted by molar-refractivity contribution is 0.518. The minimum atomic E-state index is 0.636. The maximum Gasteiger partial charge on any atom is 0.0404 e. The Morgan fingerprint density at radius 2 is 2.11 bits per heavy atom. The van der Waals surface area contributed by atoms with Crippen LogP contribution in [0.2, 0.25) is 0 Å². The SMILES string of the molecule is CCCC(CC)N1CC(CCN)c2ccccc21. The van der Waals surface area contributed by atoms with E-state index in [1.165, 1.54) is 30.5 Å². The zero-order valence-corrected chi connectivity index (χ0v) is 11.7. The van der Waals surface area contributed by atoms with E-state index in [1.807, 2.05) is 0 Å². The lowest BCUT2D eigenvalue weighted by atomic mass is 9.98. The average molecular weight is 246 g/mol. The van der Waals surface area contributed by atoms with Crippen LogP contribution in [-0.2, 0) is 0 Å². The smallest absolute Gasteiger partial charge is 0.0404 e. The van der Waals surface area contributed by atoms with Crippen molar-refractivity contribution in [1.82, 2.24) is 0 Å². The molecule has 1 aliphatic rings. The Balaban J connectivity index is 2.24. The van der Waals surface area contributed by atoms with Gasteiger partial charge in [0.2, 0.25) is 0 Å². The van der Waals surface area contributed by atoms with Gasteiger partial charge in [-0.2, -0.15) is 0 Å². The summed E-state index contributed by atoms with van der Waals surface area (Å²) >= 11 is 0. The molecule has 100 valence electrons. The van der Waals surface area contributed by atoms with E-state index in [1.54, 1.807) is 0 Å². The summed E-state index contributed by atoms with van der Waals surface area (Å²) in [5, 5.41) is 0. The minimum absolute atomic E-state index is 0.636. The number of anilines is 1. The first-order valence-electron chi connectivity index (χ1n) is 7.37. The maximum absolute atomic E-state index is 5.76. The topological polar surface area (TPSA) is 29.3 Å². The predicted octanol–water partition coefficient (Wildman–Crippen LogP) is 3.52.